The van der Waals surface area contributed by atoms with Crippen molar-refractivity contribution in [1.29, 1.82) is 0 Å². The molecule has 0 atom stereocenters. The van der Waals surface area contributed by atoms with Gasteiger partial charge >= 0.3 is 5.97 Å². The number of benzene rings is 1. The van der Waals surface area contributed by atoms with Crippen LogP contribution in [0.5, 0.6) is 5.75 Å². The molecule has 0 radical (unpaired) electrons. The number of nitrogens with one attached hydrogen (secondary N) is 1. The van der Waals surface area contributed by atoms with Gasteiger partial charge in [0.2, 0.25) is 0 Å². The molecule has 24 heavy (non-hydrogen) atoms. The lowest BCUT2D eigenvalue weighted by Crippen LogP contribution is -2.16. The zero-order valence-corrected chi connectivity index (χ0v) is 14.3. The maximum atomic E-state index is 12.3. The van der Waals surface area contributed by atoms with E-state index in [0.29, 0.717) is 22.1 Å². The van der Waals surface area contributed by atoms with Crippen LogP contribution in [0.4, 0.5) is 0 Å². The lowest BCUT2D eigenvalue weighted by molar-refractivity contribution is -0.133. The number of aromatic amines is 1. The molecular weight excluding hydrogens is 330 g/mol. The lowest BCUT2D eigenvalue weighted by atomic mass is 10.1. The first-order valence-corrected chi connectivity index (χ1v) is 7.77. The number of hydrogen-bond donors (Lipinski definition) is 1. The highest BCUT2D eigenvalue weighted by molar-refractivity contribution is 6.30. The Balaban J connectivity index is 1.89. The predicted octanol–water partition coefficient (Wildman–Crippen LogP) is 2.75. The quantitative estimate of drug-likeness (QED) is 0.585. The summed E-state index contributed by atoms with van der Waals surface area (Å²) in [6.45, 7) is 5.46. The summed E-state index contributed by atoms with van der Waals surface area (Å²) in [7, 11) is 0. The van der Waals surface area contributed by atoms with Gasteiger partial charge in [0.15, 0.2) is 5.65 Å². The second-order valence-electron chi connectivity index (χ2n) is 5.64. The summed E-state index contributed by atoms with van der Waals surface area (Å²) in [5.41, 5.74) is 3.25. The molecule has 0 aliphatic rings. The zero-order valence-electron chi connectivity index (χ0n) is 13.5. The normalized spacial score (nSPS) is 11.0. The van der Waals surface area contributed by atoms with Crippen molar-refractivity contribution in [2.75, 3.05) is 0 Å². The first kappa shape index (κ1) is 16.3. The molecule has 0 spiro atoms. The van der Waals surface area contributed by atoms with Crippen LogP contribution in [0.25, 0.3) is 5.65 Å². The Hall–Kier alpha value is -2.60. The fourth-order valence-electron chi connectivity index (χ4n) is 2.64. The Labute approximate surface area is 143 Å². The van der Waals surface area contributed by atoms with Gasteiger partial charge in [0.25, 0.3) is 5.56 Å². The number of halogens is 1. The van der Waals surface area contributed by atoms with E-state index in [1.165, 1.54) is 6.07 Å². The van der Waals surface area contributed by atoms with Crippen LogP contribution < -0.4 is 10.3 Å². The van der Waals surface area contributed by atoms with Crippen LogP contribution in [0.15, 0.2) is 29.1 Å². The van der Waals surface area contributed by atoms with E-state index >= 15 is 0 Å². The third-order valence-corrected chi connectivity index (χ3v) is 4.12. The van der Waals surface area contributed by atoms with Crippen LogP contribution in [-0.4, -0.2) is 20.6 Å². The number of nitrogens with zero attached hydrogens (tertiary/aromatic N) is 2. The minimum Gasteiger partial charge on any atom is -0.426 e. The molecule has 0 amide bonds. The summed E-state index contributed by atoms with van der Waals surface area (Å²) in [6.07, 6.45) is 0.0584. The van der Waals surface area contributed by atoms with Crippen LogP contribution in [0.2, 0.25) is 5.02 Å². The van der Waals surface area contributed by atoms with Crippen molar-refractivity contribution in [3.05, 3.63) is 62.2 Å². The van der Waals surface area contributed by atoms with E-state index in [4.69, 9.17) is 16.3 Å². The lowest BCUT2D eigenvalue weighted by Gasteiger charge is -2.12. The molecular formula is C17H16ClN3O3. The van der Waals surface area contributed by atoms with E-state index in [-0.39, 0.29) is 12.0 Å². The Bertz CT molecular complexity index is 1000. The monoisotopic (exact) mass is 345 g/mol. The fourth-order valence-corrected chi connectivity index (χ4v) is 2.87. The first-order valence-electron chi connectivity index (χ1n) is 7.40. The van der Waals surface area contributed by atoms with Crippen molar-refractivity contribution >= 4 is 23.2 Å². The molecule has 2 aromatic heterocycles. The van der Waals surface area contributed by atoms with Gasteiger partial charge in [-0.15, -0.1) is 0 Å². The average Bonchev–Trinajstić information content (AvgIpc) is 2.87. The highest BCUT2D eigenvalue weighted by atomic mass is 35.5. The van der Waals surface area contributed by atoms with Crippen molar-refractivity contribution in [1.82, 2.24) is 14.6 Å². The standard InChI is InChI=1S/C17H16ClN3O3/c1-9-6-12(18)4-5-14(9)24-17(23)7-13-10(2)19-15-8-16(22)20-21(15)11(13)3/h4-6,8H,7H2,1-3H3,(H,20,22). The maximum absolute atomic E-state index is 12.3. The summed E-state index contributed by atoms with van der Waals surface area (Å²) in [4.78, 5) is 28.1. The number of H-pyrrole nitrogens is 1. The number of aromatic nitrogens is 3. The maximum Gasteiger partial charge on any atom is 0.315 e. The molecule has 7 heteroatoms. The van der Waals surface area contributed by atoms with Gasteiger partial charge in [-0.3, -0.25) is 14.7 Å². The van der Waals surface area contributed by atoms with Crippen molar-refractivity contribution in [3.63, 3.8) is 0 Å². The van der Waals surface area contributed by atoms with Crippen LogP contribution in [0.3, 0.4) is 0 Å². The molecule has 0 saturated carbocycles. The van der Waals surface area contributed by atoms with E-state index in [9.17, 15) is 9.59 Å². The van der Waals surface area contributed by atoms with E-state index in [0.717, 1.165) is 16.8 Å². The molecule has 0 unspecified atom stereocenters. The third-order valence-electron chi connectivity index (χ3n) is 3.88. The van der Waals surface area contributed by atoms with E-state index < -0.39 is 5.97 Å². The number of ether oxygens (including phenoxy) is 1. The van der Waals surface area contributed by atoms with Gasteiger partial charge in [-0.25, -0.2) is 9.50 Å². The zero-order chi connectivity index (χ0) is 17.4. The summed E-state index contributed by atoms with van der Waals surface area (Å²) < 4.78 is 7.00. The number of esters is 1. The van der Waals surface area contributed by atoms with Crippen molar-refractivity contribution in [3.8, 4) is 5.75 Å². The van der Waals surface area contributed by atoms with Crippen molar-refractivity contribution in [2.24, 2.45) is 0 Å². The Morgan fingerprint density at radius 1 is 1.29 bits per heavy atom. The molecule has 0 fully saturated rings. The number of carbonyl (C=O) groups is 1. The number of fused-ring (bicyclic) bond motifs is 1. The fraction of sp³-hybridized carbons (Fsp3) is 0.235. The largest absolute Gasteiger partial charge is 0.426 e. The van der Waals surface area contributed by atoms with Crippen LogP contribution in [0, 0.1) is 20.8 Å². The molecule has 0 aliphatic carbocycles. The summed E-state index contributed by atoms with van der Waals surface area (Å²) in [5.74, 6) is 0.0744. The van der Waals surface area contributed by atoms with E-state index in [1.807, 2.05) is 13.8 Å². The van der Waals surface area contributed by atoms with E-state index in [1.54, 1.807) is 29.6 Å². The van der Waals surface area contributed by atoms with E-state index in [2.05, 4.69) is 10.1 Å². The second-order valence-corrected chi connectivity index (χ2v) is 6.07. The van der Waals surface area contributed by atoms with Crippen LogP contribution in [0.1, 0.15) is 22.5 Å². The number of carbonyl (C=O) groups excluding carboxylic acids is 1. The second kappa shape index (κ2) is 6.13. The summed E-state index contributed by atoms with van der Waals surface area (Å²) in [5, 5.41) is 3.25. The molecule has 3 rings (SSSR count). The highest BCUT2D eigenvalue weighted by Gasteiger charge is 2.16. The van der Waals surface area contributed by atoms with Crippen LogP contribution in [-0.2, 0) is 11.2 Å². The predicted molar refractivity (Wildman–Crippen MR) is 90.8 cm³/mol. The Kier molecular flexibility index (Phi) is 4.15. The minimum absolute atomic E-state index is 0.0584. The van der Waals surface area contributed by atoms with Crippen LogP contribution >= 0.6 is 11.6 Å². The van der Waals surface area contributed by atoms with Gasteiger partial charge in [0.05, 0.1) is 6.42 Å². The summed E-state index contributed by atoms with van der Waals surface area (Å²) >= 11 is 5.90. The van der Waals surface area contributed by atoms with Gasteiger partial charge in [-0.2, -0.15) is 0 Å². The summed E-state index contributed by atoms with van der Waals surface area (Å²) in [6, 6.07) is 6.49. The van der Waals surface area contributed by atoms with Crippen molar-refractivity contribution in [2.45, 2.75) is 27.2 Å². The van der Waals surface area contributed by atoms with Gasteiger partial charge < -0.3 is 4.74 Å². The van der Waals surface area contributed by atoms with Gasteiger partial charge in [0.1, 0.15) is 5.75 Å². The minimum atomic E-state index is -0.401. The molecule has 1 aromatic carbocycles. The smallest absolute Gasteiger partial charge is 0.315 e. The number of rotatable bonds is 3. The SMILES string of the molecule is Cc1cc(Cl)ccc1OC(=O)Cc1c(C)nc2cc(=O)[nH]n2c1C. The molecule has 6 nitrogen and oxygen atoms in total. The van der Waals surface area contributed by atoms with Gasteiger partial charge in [-0.1, -0.05) is 11.6 Å². The Morgan fingerprint density at radius 2 is 2.04 bits per heavy atom. The first-order chi connectivity index (χ1) is 11.3. The molecule has 2 heterocycles. The highest BCUT2D eigenvalue weighted by Crippen LogP contribution is 2.23. The molecule has 0 saturated heterocycles. The molecule has 124 valence electrons. The average molecular weight is 346 g/mol. The number of aryl methyl sites for hydroxylation is 3. The molecule has 0 aliphatic heterocycles. The molecule has 3 aromatic rings. The van der Waals surface area contributed by atoms with Gasteiger partial charge in [0, 0.05) is 28.0 Å². The Morgan fingerprint density at radius 3 is 2.75 bits per heavy atom. The molecule has 0 bridgehead atoms. The number of hydrogen-bond acceptors (Lipinski definition) is 4. The topological polar surface area (TPSA) is 76.5 Å². The third kappa shape index (κ3) is 3.05. The molecule has 1 N–H and O–H groups in total. The van der Waals surface area contributed by atoms with Gasteiger partial charge in [-0.05, 0) is 44.5 Å². The van der Waals surface area contributed by atoms with Crippen molar-refractivity contribution < 1.29 is 9.53 Å².